The van der Waals surface area contributed by atoms with E-state index in [0.29, 0.717) is 18.5 Å². The highest BCUT2D eigenvalue weighted by molar-refractivity contribution is 7.09. The van der Waals surface area contributed by atoms with Crippen LogP contribution < -0.4 is 10.6 Å². The predicted octanol–water partition coefficient (Wildman–Crippen LogP) is 2.51. The molecule has 0 aliphatic carbocycles. The molecule has 6 nitrogen and oxygen atoms in total. The second kappa shape index (κ2) is 11.5. The Hall–Kier alpha value is -1.18. The third-order valence-corrected chi connectivity index (χ3v) is 6.19. The van der Waals surface area contributed by atoms with E-state index >= 15 is 0 Å². The van der Waals surface area contributed by atoms with Gasteiger partial charge in [-0.25, -0.2) is 4.98 Å². The van der Waals surface area contributed by atoms with E-state index in [-0.39, 0.29) is 0 Å². The molecule has 1 atom stereocenters. The van der Waals surface area contributed by atoms with Crippen LogP contribution in [0.1, 0.15) is 44.3 Å². The highest BCUT2D eigenvalue weighted by atomic mass is 32.1. The van der Waals surface area contributed by atoms with Gasteiger partial charge in [0.05, 0.1) is 30.5 Å². The summed E-state index contributed by atoms with van der Waals surface area (Å²) in [6.45, 7) is 12.1. The van der Waals surface area contributed by atoms with Crippen molar-refractivity contribution in [2.24, 2.45) is 10.9 Å². The number of nitrogens with one attached hydrogen (secondary N) is 2. The Labute approximate surface area is 162 Å². The van der Waals surface area contributed by atoms with Gasteiger partial charge in [0, 0.05) is 38.1 Å². The van der Waals surface area contributed by atoms with Gasteiger partial charge in [-0.3, -0.25) is 9.89 Å². The lowest BCUT2D eigenvalue weighted by atomic mass is 9.92. The highest BCUT2D eigenvalue weighted by Gasteiger charge is 2.26. The normalized spacial score (nSPS) is 17.5. The maximum Gasteiger partial charge on any atom is 0.191 e. The van der Waals surface area contributed by atoms with E-state index in [4.69, 9.17) is 4.74 Å². The van der Waals surface area contributed by atoms with Crippen molar-refractivity contribution in [2.75, 3.05) is 39.9 Å². The largest absolute Gasteiger partial charge is 0.379 e. The van der Waals surface area contributed by atoms with Gasteiger partial charge in [0.2, 0.25) is 0 Å². The molecule has 2 heterocycles. The quantitative estimate of drug-likeness (QED) is 0.508. The average Bonchev–Trinajstić information content (AvgIpc) is 3.16. The third-order valence-electron chi connectivity index (χ3n) is 5.15. The molecule has 1 fully saturated rings. The Kier molecular flexibility index (Phi) is 9.36. The molecule has 1 aromatic rings. The van der Waals surface area contributed by atoms with Crippen molar-refractivity contribution in [3.05, 3.63) is 16.1 Å². The molecule has 148 valence electrons. The topological polar surface area (TPSA) is 61.8 Å². The lowest BCUT2D eigenvalue weighted by Crippen LogP contribution is -2.53. The van der Waals surface area contributed by atoms with Gasteiger partial charge in [0.1, 0.15) is 0 Å². The minimum absolute atomic E-state index is 0.512. The van der Waals surface area contributed by atoms with Gasteiger partial charge in [-0.1, -0.05) is 33.6 Å². The number of hydrogen-bond acceptors (Lipinski definition) is 5. The van der Waals surface area contributed by atoms with Gasteiger partial charge < -0.3 is 15.4 Å². The van der Waals surface area contributed by atoms with Gasteiger partial charge in [0.15, 0.2) is 5.96 Å². The number of nitrogens with zero attached hydrogens (tertiary/aromatic N) is 3. The number of rotatable bonds is 9. The molecule has 0 bridgehead atoms. The van der Waals surface area contributed by atoms with Crippen LogP contribution in [0, 0.1) is 5.92 Å². The lowest BCUT2D eigenvalue weighted by Gasteiger charge is -2.39. The summed E-state index contributed by atoms with van der Waals surface area (Å²) in [5.74, 6) is 1.53. The van der Waals surface area contributed by atoms with Crippen LogP contribution in [0.25, 0.3) is 0 Å². The van der Waals surface area contributed by atoms with Crippen LogP contribution in [0.15, 0.2) is 10.4 Å². The molecule has 2 rings (SSSR count). The smallest absolute Gasteiger partial charge is 0.191 e. The first kappa shape index (κ1) is 21.1. The Morgan fingerprint density at radius 3 is 2.58 bits per heavy atom. The zero-order valence-corrected chi connectivity index (χ0v) is 17.6. The van der Waals surface area contributed by atoms with Gasteiger partial charge >= 0.3 is 0 Å². The second-order valence-corrected chi connectivity index (χ2v) is 7.63. The van der Waals surface area contributed by atoms with Gasteiger partial charge in [-0.05, 0) is 12.3 Å². The first-order valence-electron chi connectivity index (χ1n) is 9.91. The van der Waals surface area contributed by atoms with Crippen LogP contribution in [0.2, 0.25) is 0 Å². The monoisotopic (exact) mass is 381 g/mol. The molecule has 1 aromatic heterocycles. The molecule has 0 radical (unpaired) electrons. The summed E-state index contributed by atoms with van der Waals surface area (Å²) in [7, 11) is 1.83. The Balaban J connectivity index is 1.89. The number of aliphatic imine (C=N–C) groups is 1. The SMILES string of the molecule is CCc1nc(CNC(=NC)NCC(C(CC)CC)N2CCOCC2)cs1. The molecular weight excluding hydrogens is 346 g/mol. The summed E-state index contributed by atoms with van der Waals surface area (Å²) in [5.41, 5.74) is 1.08. The fourth-order valence-electron chi connectivity index (χ4n) is 3.52. The van der Waals surface area contributed by atoms with E-state index in [1.54, 1.807) is 11.3 Å². The highest BCUT2D eigenvalue weighted by Crippen LogP contribution is 2.19. The maximum absolute atomic E-state index is 5.54. The number of aryl methyl sites for hydroxylation is 1. The molecule has 0 aromatic carbocycles. The van der Waals surface area contributed by atoms with Crippen LogP contribution in [0.3, 0.4) is 0 Å². The molecule has 1 saturated heterocycles. The van der Waals surface area contributed by atoms with E-state index in [1.165, 1.54) is 17.8 Å². The number of hydrogen-bond donors (Lipinski definition) is 2. The van der Waals surface area contributed by atoms with Crippen molar-refractivity contribution in [1.29, 1.82) is 0 Å². The van der Waals surface area contributed by atoms with E-state index in [2.05, 4.69) is 51.7 Å². The molecule has 0 amide bonds. The first-order chi connectivity index (χ1) is 12.7. The van der Waals surface area contributed by atoms with E-state index in [0.717, 1.165) is 50.9 Å². The number of guanidine groups is 1. The molecule has 1 aliphatic rings. The Morgan fingerprint density at radius 2 is 2.00 bits per heavy atom. The molecule has 7 heteroatoms. The Bertz CT molecular complexity index is 538. The zero-order chi connectivity index (χ0) is 18.8. The fourth-order valence-corrected chi connectivity index (χ4v) is 4.27. The van der Waals surface area contributed by atoms with Crippen LogP contribution in [-0.4, -0.2) is 61.8 Å². The van der Waals surface area contributed by atoms with Crippen molar-refractivity contribution in [1.82, 2.24) is 20.5 Å². The standard InChI is InChI=1S/C19H35N5OS/c1-5-15(6-2)17(24-8-10-25-11-9-24)13-22-19(20-4)21-12-16-14-26-18(7-3)23-16/h14-15,17H,5-13H2,1-4H3,(H2,20,21,22). The average molecular weight is 382 g/mol. The van der Waals surface area contributed by atoms with Crippen LogP contribution in [-0.2, 0) is 17.7 Å². The summed E-state index contributed by atoms with van der Waals surface area (Å²) in [4.78, 5) is 11.6. The predicted molar refractivity (Wildman–Crippen MR) is 110 cm³/mol. The first-order valence-corrected chi connectivity index (χ1v) is 10.8. The number of aromatic nitrogens is 1. The summed E-state index contributed by atoms with van der Waals surface area (Å²) < 4.78 is 5.54. The van der Waals surface area contributed by atoms with Crippen molar-refractivity contribution >= 4 is 17.3 Å². The lowest BCUT2D eigenvalue weighted by molar-refractivity contribution is 0.00272. The van der Waals surface area contributed by atoms with E-state index in [9.17, 15) is 0 Å². The molecule has 0 saturated carbocycles. The minimum atomic E-state index is 0.512. The Morgan fingerprint density at radius 1 is 1.27 bits per heavy atom. The van der Waals surface area contributed by atoms with Crippen LogP contribution >= 0.6 is 11.3 Å². The number of ether oxygens (including phenoxy) is 1. The van der Waals surface area contributed by atoms with Crippen molar-refractivity contribution in [2.45, 2.75) is 52.6 Å². The van der Waals surface area contributed by atoms with E-state index < -0.39 is 0 Å². The second-order valence-electron chi connectivity index (χ2n) is 6.69. The summed E-state index contributed by atoms with van der Waals surface area (Å²) in [6.07, 6.45) is 3.39. The van der Waals surface area contributed by atoms with Crippen molar-refractivity contribution < 1.29 is 4.74 Å². The summed E-state index contributed by atoms with van der Waals surface area (Å²) >= 11 is 1.73. The zero-order valence-electron chi connectivity index (χ0n) is 16.8. The van der Waals surface area contributed by atoms with Crippen LogP contribution in [0.4, 0.5) is 0 Å². The van der Waals surface area contributed by atoms with Crippen LogP contribution in [0.5, 0.6) is 0 Å². The molecule has 2 N–H and O–H groups in total. The number of thiazole rings is 1. The molecule has 1 unspecified atom stereocenters. The van der Waals surface area contributed by atoms with Gasteiger partial charge in [-0.15, -0.1) is 11.3 Å². The van der Waals surface area contributed by atoms with Gasteiger partial charge in [0.25, 0.3) is 0 Å². The fraction of sp³-hybridized carbons (Fsp3) is 0.789. The maximum atomic E-state index is 5.54. The molecule has 1 aliphatic heterocycles. The van der Waals surface area contributed by atoms with Gasteiger partial charge in [-0.2, -0.15) is 0 Å². The summed E-state index contributed by atoms with van der Waals surface area (Å²) in [6, 6.07) is 0.512. The minimum Gasteiger partial charge on any atom is -0.379 e. The number of morpholine rings is 1. The summed E-state index contributed by atoms with van der Waals surface area (Å²) in [5, 5.41) is 10.2. The molecule has 0 spiro atoms. The molecule has 26 heavy (non-hydrogen) atoms. The van der Waals surface area contributed by atoms with Crippen molar-refractivity contribution in [3.63, 3.8) is 0 Å². The third kappa shape index (κ3) is 6.21. The van der Waals surface area contributed by atoms with Crippen molar-refractivity contribution in [3.8, 4) is 0 Å². The van der Waals surface area contributed by atoms with E-state index in [1.807, 2.05) is 7.05 Å². The molecular formula is C19H35N5OS.